The molecule has 0 aliphatic heterocycles. The maximum absolute atomic E-state index is 13.6. The second-order valence-corrected chi connectivity index (χ2v) is 8.28. The molecule has 0 saturated heterocycles. The summed E-state index contributed by atoms with van der Waals surface area (Å²) < 4.78 is 40.9. The molecule has 0 saturated carbocycles. The number of aryl methyl sites for hydroxylation is 1. The van der Waals surface area contributed by atoms with E-state index in [2.05, 4.69) is 31.8 Å². The Labute approximate surface area is 164 Å². The van der Waals surface area contributed by atoms with Gasteiger partial charge in [-0.2, -0.15) is 13.2 Å². The first-order chi connectivity index (χ1) is 13.1. The topological polar surface area (TPSA) is 41.8 Å². The van der Waals surface area contributed by atoms with Crippen LogP contribution in [-0.2, 0) is 18.0 Å². The predicted octanol–water partition coefficient (Wildman–Crippen LogP) is 6.43. The van der Waals surface area contributed by atoms with Crippen molar-refractivity contribution in [1.82, 2.24) is 4.98 Å². The highest BCUT2D eigenvalue weighted by Crippen LogP contribution is 2.40. The number of hydrogen-bond acceptors (Lipinski definition) is 1. The van der Waals surface area contributed by atoms with E-state index in [1.165, 1.54) is 6.07 Å². The zero-order chi connectivity index (χ0) is 20.5. The number of aromatic nitrogens is 1. The number of halogens is 3. The normalized spacial score (nSPS) is 12.7. The van der Waals surface area contributed by atoms with E-state index in [9.17, 15) is 13.2 Å². The Kier molecular flexibility index (Phi) is 5.57. The van der Waals surface area contributed by atoms with E-state index in [0.29, 0.717) is 18.7 Å². The molecule has 3 aromatic rings. The largest absolute Gasteiger partial charge is 0.417 e. The summed E-state index contributed by atoms with van der Waals surface area (Å²) in [5.41, 5.74) is 8.71. The van der Waals surface area contributed by atoms with E-state index in [0.717, 1.165) is 40.9 Å². The van der Waals surface area contributed by atoms with Gasteiger partial charge in [-0.1, -0.05) is 45.0 Å². The second-order valence-electron chi connectivity index (χ2n) is 8.28. The van der Waals surface area contributed by atoms with Gasteiger partial charge in [0.15, 0.2) is 0 Å². The molecule has 0 aliphatic carbocycles. The minimum atomic E-state index is -4.40. The van der Waals surface area contributed by atoms with Gasteiger partial charge in [-0.05, 0) is 60.5 Å². The number of unbranched alkanes of at least 4 members (excludes halogenated alkanes) is 1. The highest BCUT2D eigenvalue weighted by Gasteiger charge is 2.34. The van der Waals surface area contributed by atoms with Crippen LogP contribution < -0.4 is 5.73 Å². The quantitative estimate of drug-likeness (QED) is 0.486. The van der Waals surface area contributed by atoms with E-state index in [4.69, 9.17) is 5.73 Å². The molecule has 0 spiro atoms. The van der Waals surface area contributed by atoms with Crippen molar-refractivity contribution in [2.45, 2.75) is 51.6 Å². The van der Waals surface area contributed by atoms with Crippen molar-refractivity contribution in [2.75, 3.05) is 6.54 Å². The molecule has 0 unspecified atom stereocenters. The molecule has 0 fully saturated rings. The number of benzene rings is 2. The molecule has 3 rings (SSSR count). The van der Waals surface area contributed by atoms with Crippen LogP contribution in [0.2, 0.25) is 0 Å². The molecule has 2 aromatic carbocycles. The smallest absolute Gasteiger partial charge is 0.354 e. The Morgan fingerprint density at radius 3 is 2.32 bits per heavy atom. The van der Waals surface area contributed by atoms with Crippen LogP contribution in [0.4, 0.5) is 13.2 Å². The molecule has 28 heavy (non-hydrogen) atoms. The van der Waals surface area contributed by atoms with Crippen molar-refractivity contribution < 1.29 is 13.2 Å². The summed E-state index contributed by atoms with van der Waals surface area (Å²) in [4.78, 5) is 3.27. The molecule has 1 aromatic heterocycles. The molecule has 0 atom stereocenters. The van der Waals surface area contributed by atoms with Gasteiger partial charge >= 0.3 is 6.18 Å². The summed E-state index contributed by atoms with van der Waals surface area (Å²) in [6.07, 6.45) is -2.04. The molecule has 0 radical (unpaired) electrons. The first-order valence-corrected chi connectivity index (χ1v) is 9.64. The number of rotatable bonds is 5. The molecular formula is C23H27F3N2. The molecule has 0 amide bonds. The predicted molar refractivity (Wildman–Crippen MR) is 109 cm³/mol. The van der Waals surface area contributed by atoms with Crippen molar-refractivity contribution in [3.05, 3.63) is 59.2 Å². The highest BCUT2D eigenvalue weighted by atomic mass is 19.4. The number of aromatic amines is 1. The molecule has 3 N–H and O–H groups in total. The van der Waals surface area contributed by atoms with Crippen molar-refractivity contribution in [3.8, 4) is 11.3 Å². The van der Waals surface area contributed by atoms with Crippen molar-refractivity contribution in [3.63, 3.8) is 0 Å². The third kappa shape index (κ3) is 4.09. The Balaban J connectivity index is 2.24. The molecule has 1 heterocycles. The molecule has 0 aliphatic rings. The lowest BCUT2D eigenvalue weighted by atomic mass is 9.86. The standard InChI is InChI=1S/C23H27F3N2/c1-22(2,3)15-11-12-20-18(14-15)16(8-6-7-13-27)21(28-20)17-9-4-5-10-19(17)23(24,25)26/h4-5,9-12,14,28H,6-8,13,27H2,1-3H3. The van der Waals surface area contributed by atoms with Crippen LogP contribution in [0.1, 0.15) is 50.3 Å². The first kappa shape index (κ1) is 20.5. The van der Waals surface area contributed by atoms with Gasteiger partial charge in [-0.15, -0.1) is 0 Å². The number of nitrogens with two attached hydrogens (primary N) is 1. The van der Waals surface area contributed by atoms with E-state index >= 15 is 0 Å². The van der Waals surface area contributed by atoms with E-state index < -0.39 is 11.7 Å². The summed E-state index contributed by atoms with van der Waals surface area (Å²) in [5, 5.41) is 0.997. The molecule has 2 nitrogen and oxygen atoms in total. The summed E-state index contributed by atoms with van der Waals surface area (Å²) in [6, 6.07) is 11.9. The monoisotopic (exact) mass is 388 g/mol. The third-order valence-corrected chi connectivity index (χ3v) is 5.15. The van der Waals surface area contributed by atoms with E-state index in [1.54, 1.807) is 12.1 Å². The maximum atomic E-state index is 13.6. The van der Waals surface area contributed by atoms with Gasteiger partial charge in [0, 0.05) is 16.5 Å². The summed E-state index contributed by atoms with van der Waals surface area (Å²) in [5.74, 6) is 0. The molecular weight excluding hydrogens is 361 g/mol. The average molecular weight is 388 g/mol. The highest BCUT2D eigenvalue weighted by molar-refractivity contribution is 5.92. The lowest BCUT2D eigenvalue weighted by molar-refractivity contribution is -0.137. The van der Waals surface area contributed by atoms with Crippen LogP contribution in [0.5, 0.6) is 0 Å². The van der Waals surface area contributed by atoms with Crippen molar-refractivity contribution >= 4 is 10.9 Å². The summed E-state index contributed by atoms with van der Waals surface area (Å²) >= 11 is 0. The van der Waals surface area contributed by atoms with Gasteiger partial charge in [-0.3, -0.25) is 0 Å². The number of hydrogen-bond donors (Lipinski definition) is 2. The lowest BCUT2D eigenvalue weighted by Gasteiger charge is -2.19. The number of nitrogens with one attached hydrogen (secondary N) is 1. The van der Waals surface area contributed by atoms with Crippen LogP contribution in [0.25, 0.3) is 22.2 Å². The fraction of sp³-hybridized carbons (Fsp3) is 0.391. The van der Waals surface area contributed by atoms with Gasteiger partial charge in [0.25, 0.3) is 0 Å². The van der Waals surface area contributed by atoms with E-state index in [-0.39, 0.29) is 11.0 Å². The van der Waals surface area contributed by atoms with Gasteiger partial charge in [0.05, 0.1) is 11.3 Å². The zero-order valence-electron chi connectivity index (χ0n) is 16.6. The lowest BCUT2D eigenvalue weighted by Crippen LogP contribution is -2.10. The van der Waals surface area contributed by atoms with Crippen LogP contribution in [0.15, 0.2) is 42.5 Å². The zero-order valence-corrected chi connectivity index (χ0v) is 16.6. The Hall–Kier alpha value is -2.27. The molecule has 0 bridgehead atoms. The Morgan fingerprint density at radius 1 is 0.964 bits per heavy atom. The fourth-order valence-corrected chi connectivity index (χ4v) is 3.60. The molecule has 5 heteroatoms. The minimum absolute atomic E-state index is 0.0377. The van der Waals surface area contributed by atoms with Crippen molar-refractivity contribution in [1.29, 1.82) is 0 Å². The van der Waals surface area contributed by atoms with Crippen LogP contribution in [-0.4, -0.2) is 11.5 Å². The van der Waals surface area contributed by atoms with Crippen LogP contribution in [0, 0.1) is 0 Å². The Morgan fingerprint density at radius 2 is 1.68 bits per heavy atom. The van der Waals surface area contributed by atoms with Gasteiger partial charge < -0.3 is 10.7 Å². The maximum Gasteiger partial charge on any atom is 0.417 e. The van der Waals surface area contributed by atoms with E-state index in [1.807, 2.05) is 12.1 Å². The van der Waals surface area contributed by atoms with Gasteiger partial charge in [-0.25, -0.2) is 0 Å². The summed E-state index contributed by atoms with van der Waals surface area (Å²) in [7, 11) is 0. The number of H-pyrrole nitrogens is 1. The molecule has 150 valence electrons. The summed E-state index contributed by atoms with van der Waals surface area (Å²) in [6.45, 7) is 6.97. The number of alkyl halides is 3. The average Bonchev–Trinajstić information content (AvgIpc) is 2.98. The SMILES string of the molecule is CC(C)(C)c1ccc2[nH]c(-c3ccccc3C(F)(F)F)c(CCCCN)c2c1. The minimum Gasteiger partial charge on any atom is -0.354 e. The third-order valence-electron chi connectivity index (χ3n) is 5.15. The fourth-order valence-electron chi connectivity index (χ4n) is 3.60. The van der Waals surface area contributed by atoms with Crippen LogP contribution in [0.3, 0.4) is 0 Å². The Bertz CT molecular complexity index is 962. The van der Waals surface area contributed by atoms with Gasteiger partial charge in [0.2, 0.25) is 0 Å². The van der Waals surface area contributed by atoms with Gasteiger partial charge in [0.1, 0.15) is 0 Å². The van der Waals surface area contributed by atoms with Crippen LogP contribution >= 0.6 is 0 Å². The van der Waals surface area contributed by atoms with Crippen molar-refractivity contribution in [2.24, 2.45) is 5.73 Å². The second kappa shape index (κ2) is 7.63. The number of fused-ring (bicyclic) bond motifs is 1. The first-order valence-electron chi connectivity index (χ1n) is 9.64.